The standard InChI is InChI=1S/C12H14ClN3O/c13-11-4-3-10(5-14-11)15-12(17)16-6-9(7-16)8-1-2-8/h3-5,8-9H,1-2,6-7H2,(H,15,17). The van der Waals surface area contributed by atoms with Crippen LogP contribution in [0.2, 0.25) is 5.15 Å². The third kappa shape index (κ3) is 2.36. The summed E-state index contributed by atoms with van der Waals surface area (Å²) in [5.41, 5.74) is 0.689. The molecule has 2 heterocycles. The van der Waals surface area contributed by atoms with Crippen LogP contribution >= 0.6 is 11.6 Å². The zero-order valence-electron chi connectivity index (χ0n) is 9.40. The average molecular weight is 252 g/mol. The van der Waals surface area contributed by atoms with Crippen molar-refractivity contribution in [3.8, 4) is 0 Å². The van der Waals surface area contributed by atoms with Crippen molar-refractivity contribution < 1.29 is 4.79 Å². The number of anilines is 1. The number of amides is 2. The van der Waals surface area contributed by atoms with Crippen LogP contribution in [-0.2, 0) is 0 Å². The fourth-order valence-electron chi connectivity index (χ4n) is 2.20. The summed E-state index contributed by atoms with van der Waals surface area (Å²) in [7, 11) is 0. The number of pyridine rings is 1. The molecule has 1 aromatic heterocycles. The number of nitrogens with zero attached hydrogens (tertiary/aromatic N) is 2. The Balaban J connectivity index is 1.52. The number of likely N-dealkylation sites (tertiary alicyclic amines) is 1. The maximum absolute atomic E-state index is 11.8. The molecular weight excluding hydrogens is 238 g/mol. The maximum Gasteiger partial charge on any atom is 0.321 e. The lowest BCUT2D eigenvalue weighted by Gasteiger charge is -2.39. The number of halogens is 1. The topological polar surface area (TPSA) is 45.2 Å². The summed E-state index contributed by atoms with van der Waals surface area (Å²) < 4.78 is 0. The number of rotatable bonds is 2. The molecular formula is C12H14ClN3O. The van der Waals surface area contributed by atoms with Gasteiger partial charge in [-0.1, -0.05) is 11.6 Å². The molecule has 0 aromatic carbocycles. The molecule has 90 valence electrons. The molecule has 0 bridgehead atoms. The smallest absolute Gasteiger partial charge is 0.321 e. The number of hydrogen-bond donors (Lipinski definition) is 1. The monoisotopic (exact) mass is 251 g/mol. The fourth-order valence-corrected chi connectivity index (χ4v) is 2.31. The first-order chi connectivity index (χ1) is 8.22. The van der Waals surface area contributed by atoms with Gasteiger partial charge in [-0.05, 0) is 36.8 Å². The van der Waals surface area contributed by atoms with Crippen LogP contribution < -0.4 is 5.32 Å². The first kappa shape index (κ1) is 10.8. The van der Waals surface area contributed by atoms with Crippen LogP contribution in [0.1, 0.15) is 12.8 Å². The largest absolute Gasteiger partial charge is 0.324 e. The Labute approximate surface area is 105 Å². The molecule has 0 radical (unpaired) electrons. The summed E-state index contributed by atoms with van der Waals surface area (Å²) in [4.78, 5) is 17.6. The highest BCUT2D eigenvalue weighted by molar-refractivity contribution is 6.29. The molecule has 2 amide bonds. The van der Waals surface area contributed by atoms with Crippen molar-refractivity contribution in [2.24, 2.45) is 11.8 Å². The van der Waals surface area contributed by atoms with Crippen LogP contribution in [0.3, 0.4) is 0 Å². The molecule has 2 fully saturated rings. The van der Waals surface area contributed by atoms with Gasteiger partial charge in [-0.3, -0.25) is 0 Å². The zero-order valence-corrected chi connectivity index (χ0v) is 10.2. The molecule has 1 saturated heterocycles. The zero-order chi connectivity index (χ0) is 11.8. The molecule has 1 saturated carbocycles. The highest BCUT2D eigenvalue weighted by atomic mass is 35.5. The van der Waals surface area contributed by atoms with Crippen molar-refractivity contribution in [3.05, 3.63) is 23.5 Å². The van der Waals surface area contributed by atoms with Gasteiger partial charge >= 0.3 is 6.03 Å². The highest BCUT2D eigenvalue weighted by Crippen LogP contribution is 2.41. The second kappa shape index (κ2) is 4.18. The van der Waals surface area contributed by atoms with E-state index in [0.29, 0.717) is 10.8 Å². The van der Waals surface area contributed by atoms with E-state index < -0.39 is 0 Å². The number of aromatic nitrogens is 1. The van der Waals surface area contributed by atoms with Crippen molar-refractivity contribution in [1.82, 2.24) is 9.88 Å². The van der Waals surface area contributed by atoms with E-state index in [4.69, 9.17) is 11.6 Å². The summed E-state index contributed by atoms with van der Waals surface area (Å²) in [5, 5.41) is 3.25. The van der Waals surface area contributed by atoms with Crippen LogP contribution in [0.15, 0.2) is 18.3 Å². The normalized spacial score (nSPS) is 19.9. The van der Waals surface area contributed by atoms with Gasteiger partial charge in [0.05, 0.1) is 11.9 Å². The third-order valence-corrected chi connectivity index (χ3v) is 3.69. The van der Waals surface area contributed by atoms with E-state index >= 15 is 0 Å². The molecule has 0 atom stereocenters. The van der Waals surface area contributed by atoms with E-state index in [0.717, 1.165) is 24.9 Å². The van der Waals surface area contributed by atoms with Crippen LogP contribution in [0.4, 0.5) is 10.5 Å². The molecule has 2 aliphatic rings. The lowest BCUT2D eigenvalue weighted by Crippen LogP contribution is -2.52. The highest BCUT2D eigenvalue weighted by Gasteiger charge is 2.40. The summed E-state index contributed by atoms with van der Waals surface area (Å²) in [6.45, 7) is 1.80. The number of hydrogen-bond acceptors (Lipinski definition) is 2. The molecule has 0 spiro atoms. The van der Waals surface area contributed by atoms with E-state index in [2.05, 4.69) is 10.3 Å². The number of urea groups is 1. The molecule has 17 heavy (non-hydrogen) atoms. The van der Waals surface area contributed by atoms with E-state index in [9.17, 15) is 4.79 Å². The van der Waals surface area contributed by atoms with Gasteiger partial charge in [0.2, 0.25) is 0 Å². The van der Waals surface area contributed by atoms with Crippen LogP contribution in [0, 0.1) is 11.8 Å². The minimum absolute atomic E-state index is 0.0361. The summed E-state index contributed by atoms with van der Waals surface area (Å²) in [6.07, 6.45) is 4.26. The van der Waals surface area contributed by atoms with E-state index in [1.165, 1.54) is 12.8 Å². The minimum atomic E-state index is -0.0361. The number of carbonyl (C=O) groups is 1. The molecule has 4 nitrogen and oxygen atoms in total. The Hall–Kier alpha value is -1.29. The average Bonchev–Trinajstić information content (AvgIpc) is 3.03. The predicted molar refractivity (Wildman–Crippen MR) is 66.1 cm³/mol. The van der Waals surface area contributed by atoms with E-state index in [-0.39, 0.29) is 6.03 Å². The molecule has 5 heteroatoms. The van der Waals surface area contributed by atoms with Gasteiger partial charge in [0.15, 0.2) is 0 Å². The van der Waals surface area contributed by atoms with Crippen molar-refractivity contribution in [2.75, 3.05) is 18.4 Å². The number of carbonyl (C=O) groups excluding carboxylic acids is 1. The van der Waals surface area contributed by atoms with Gasteiger partial charge in [0.1, 0.15) is 5.15 Å². The lowest BCUT2D eigenvalue weighted by molar-refractivity contribution is 0.118. The number of nitrogens with one attached hydrogen (secondary N) is 1. The van der Waals surface area contributed by atoms with Gasteiger partial charge in [-0.15, -0.1) is 0 Å². The van der Waals surface area contributed by atoms with E-state index in [1.54, 1.807) is 18.3 Å². The maximum atomic E-state index is 11.8. The van der Waals surface area contributed by atoms with Gasteiger partial charge in [-0.25, -0.2) is 9.78 Å². The van der Waals surface area contributed by atoms with Gasteiger partial charge in [0, 0.05) is 13.1 Å². The third-order valence-electron chi connectivity index (χ3n) is 3.46. The van der Waals surface area contributed by atoms with Gasteiger partial charge < -0.3 is 10.2 Å². The SMILES string of the molecule is O=C(Nc1ccc(Cl)nc1)N1CC(C2CC2)C1. The van der Waals surface area contributed by atoms with Crippen molar-refractivity contribution >= 4 is 23.3 Å². The Morgan fingerprint density at radius 3 is 2.71 bits per heavy atom. The molecule has 1 aromatic rings. The quantitative estimate of drug-likeness (QED) is 0.822. The Kier molecular flexibility index (Phi) is 2.67. The first-order valence-electron chi connectivity index (χ1n) is 5.90. The molecule has 1 aliphatic heterocycles. The molecule has 0 unspecified atom stereocenters. The van der Waals surface area contributed by atoms with Crippen LogP contribution in [0.5, 0.6) is 0 Å². The molecule has 3 rings (SSSR count). The predicted octanol–water partition coefficient (Wildman–Crippen LogP) is 2.61. The van der Waals surface area contributed by atoms with Crippen LogP contribution in [0.25, 0.3) is 0 Å². The van der Waals surface area contributed by atoms with Gasteiger partial charge in [0.25, 0.3) is 0 Å². The lowest BCUT2D eigenvalue weighted by atomic mass is 9.95. The van der Waals surface area contributed by atoms with Crippen LogP contribution in [-0.4, -0.2) is 29.0 Å². The Bertz CT molecular complexity index is 424. The summed E-state index contributed by atoms with van der Waals surface area (Å²) in [5.74, 6) is 1.63. The van der Waals surface area contributed by atoms with Crippen molar-refractivity contribution in [3.63, 3.8) is 0 Å². The van der Waals surface area contributed by atoms with Crippen molar-refractivity contribution in [1.29, 1.82) is 0 Å². The van der Waals surface area contributed by atoms with Gasteiger partial charge in [-0.2, -0.15) is 0 Å². The Morgan fingerprint density at radius 1 is 1.35 bits per heavy atom. The summed E-state index contributed by atoms with van der Waals surface area (Å²) >= 11 is 5.68. The minimum Gasteiger partial charge on any atom is -0.324 e. The Morgan fingerprint density at radius 2 is 2.12 bits per heavy atom. The second-order valence-electron chi connectivity index (χ2n) is 4.80. The molecule has 1 aliphatic carbocycles. The van der Waals surface area contributed by atoms with Crippen molar-refractivity contribution in [2.45, 2.75) is 12.8 Å². The summed E-state index contributed by atoms with van der Waals surface area (Å²) in [6, 6.07) is 3.39. The first-order valence-corrected chi connectivity index (χ1v) is 6.27. The second-order valence-corrected chi connectivity index (χ2v) is 5.19. The van der Waals surface area contributed by atoms with E-state index in [1.807, 2.05) is 4.90 Å². The fraction of sp³-hybridized carbons (Fsp3) is 0.500. The molecule has 1 N–H and O–H groups in total.